The monoisotopic (exact) mass is 484 g/mol. The molecule has 2 N–H and O–H groups in total. The minimum atomic E-state index is -3.03. The van der Waals surface area contributed by atoms with Gasteiger partial charge in [0.05, 0.1) is 22.8 Å². The van der Waals surface area contributed by atoms with Crippen LogP contribution < -0.4 is 15.5 Å². The first-order valence-corrected chi connectivity index (χ1v) is 12.7. The lowest BCUT2D eigenvalue weighted by molar-refractivity contribution is 0.0284. The fraction of sp³-hybridized carbons (Fsp3) is 0.409. The van der Waals surface area contributed by atoms with E-state index in [9.17, 15) is 23.3 Å². The highest BCUT2D eigenvalue weighted by Crippen LogP contribution is 2.55. The number of carbonyl (C=O) groups excluding carboxylic acids is 2. The number of aldehydes is 1. The van der Waals surface area contributed by atoms with Gasteiger partial charge in [0.2, 0.25) is 0 Å². The summed E-state index contributed by atoms with van der Waals surface area (Å²) in [4.78, 5) is 34.0. The maximum Gasteiger partial charge on any atom is 0.328 e. The molecule has 2 fully saturated rings. The molecule has 0 aromatic carbocycles. The van der Waals surface area contributed by atoms with Gasteiger partial charge < -0.3 is 5.32 Å². The summed E-state index contributed by atoms with van der Waals surface area (Å²) >= 11 is 0. The first kappa shape index (κ1) is 22.2. The lowest BCUT2D eigenvalue weighted by Gasteiger charge is -2.52. The van der Waals surface area contributed by atoms with Gasteiger partial charge in [-0.1, -0.05) is 0 Å². The number of nitrogens with zero attached hydrogens (tertiary/aromatic N) is 4. The Hall–Kier alpha value is -3.59. The number of carbonyl (C=O) groups is 2. The van der Waals surface area contributed by atoms with E-state index in [2.05, 4.69) is 20.6 Å². The van der Waals surface area contributed by atoms with Gasteiger partial charge in [-0.3, -0.25) is 15.0 Å². The third-order valence-electron chi connectivity index (χ3n) is 6.60. The molecule has 1 saturated heterocycles. The van der Waals surface area contributed by atoms with E-state index in [0.717, 1.165) is 0 Å². The summed E-state index contributed by atoms with van der Waals surface area (Å²) < 4.78 is 38.4. The highest BCUT2D eigenvalue weighted by molar-refractivity contribution is 7.91. The quantitative estimate of drug-likeness (QED) is 0.630. The molecule has 2 bridgehead atoms. The van der Waals surface area contributed by atoms with Crippen LogP contribution in [0.3, 0.4) is 0 Å². The average Bonchev–Trinajstić information content (AvgIpc) is 2.79. The normalized spacial score (nSPS) is 24.8. The van der Waals surface area contributed by atoms with E-state index in [1.165, 1.54) is 29.3 Å². The zero-order valence-corrected chi connectivity index (χ0v) is 18.8. The van der Waals surface area contributed by atoms with Crippen LogP contribution >= 0.6 is 0 Å². The van der Waals surface area contributed by atoms with Gasteiger partial charge in [-0.05, 0) is 25.0 Å². The summed E-state index contributed by atoms with van der Waals surface area (Å²) in [5.41, 5.74) is -0.489. The van der Waals surface area contributed by atoms with Crippen molar-refractivity contribution in [2.24, 2.45) is 0 Å². The van der Waals surface area contributed by atoms with Crippen molar-refractivity contribution >= 4 is 39.5 Å². The Labute approximate surface area is 195 Å². The number of pyridine rings is 2. The number of hydrogen-bond donors (Lipinski definition) is 2. The summed E-state index contributed by atoms with van der Waals surface area (Å²) in [5, 5.41) is 15.3. The van der Waals surface area contributed by atoms with E-state index in [4.69, 9.17) is 0 Å². The van der Waals surface area contributed by atoms with Crippen molar-refractivity contribution < 1.29 is 22.4 Å². The van der Waals surface area contributed by atoms with E-state index < -0.39 is 27.6 Å². The van der Waals surface area contributed by atoms with E-state index in [1.54, 1.807) is 0 Å². The zero-order valence-electron chi connectivity index (χ0n) is 18.0. The number of rotatable bonds is 4. The molecule has 0 radical (unpaired) electrons. The molecular formula is C22H21FN6O4S. The Balaban J connectivity index is 1.38. The molecule has 1 aliphatic carbocycles. The Kier molecular flexibility index (Phi) is 5.24. The van der Waals surface area contributed by atoms with Gasteiger partial charge in [-0.2, -0.15) is 5.26 Å². The van der Waals surface area contributed by atoms with Gasteiger partial charge >= 0.3 is 6.03 Å². The number of aromatic nitrogens is 2. The Morgan fingerprint density at radius 3 is 2.71 bits per heavy atom. The summed E-state index contributed by atoms with van der Waals surface area (Å²) in [5.74, 6) is 0.424. The standard InChI is InChI=1S/C22H21FN6O4S/c23-22-8-16(9-22)29(20-17(22)2-1-15(12-30)27-20)21(31)28-19-7-18(13(10-24)11-25-19)26-14-3-5-34(32,33)6-4-14/h1-2,7,11-12,14,16H,3-6,8-9H2,(H2,25,26,28,31). The summed E-state index contributed by atoms with van der Waals surface area (Å²) in [7, 11) is -3.03. The van der Waals surface area contributed by atoms with Crippen LogP contribution in [0.15, 0.2) is 24.4 Å². The Morgan fingerprint density at radius 1 is 1.29 bits per heavy atom. The molecule has 2 amide bonds. The number of anilines is 3. The van der Waals surface area contributed by atoms with Crippen LogP contribution in [0.5, 0.6) is 0 Å². The molecule has 0 atom stereocenters. The third kappa shape index (κ3) is 3.86. The van der Waals surface area contributed by atoms with Crippen molar-refractivity contribution in [1.29, 1.82) is 5.26 Å². The molecule has 10 nitrogen and oxygen atoms in total. The maximum atomic E-state index is 15.1. The van der Waals surface area contributed by atoms with Crippen molar-refractivity contribution in [2.75, 3.05) is 27.0 Å². The molecular weight excluding hydrogens is 463 g/mol. The number of hydrogen-bond acceptors (Lipinski definition) is 8. The van der Waals surface area contributed by atoms with E-state index in [1.807, 2.05) is 6.07 Å². The SMILES string of the molecule is N#Cc1cnc(NC(=O)N2c3nc(C=O)ccc3C3(F)CC2C3)cc1NC1CCS(=O)(=O)CC1. The van der Waals surface area contributed by atoms with Crippen LogP contribution in [0.1, 0.15) is 47.3 Å². The molecule has 2 aromatic rings. The highest BCUT2D eigenvalue weighted by atomic mass is 32.2. The Bertz CT molecular complexity index is 1320. The number of amides is 2. The zero-order chi connectivity index (χ0) is 24.1. The van der Waals surface area contributed by atoms with Crippen LogP contribution in [0.2, 0.25) is 0 Å². The van der Waals surface area contributed by atoms with Crippen molar-refractivity contribution in [2.45, 2.75) is 43.4 Å². The van der Waals surface area contributed by atoms with E-state index >= 15 is 4.39 Å². The predicted octanol–water partition coefficient (Wildman–Crippen LogP) is 2.53. The minimum absolute atomic E-state index is 0.0722. The summed E-state index contributed by atoms with van der Waals surface area (Å²) in [6.07, 6.45) is 2.98. The fourth-order valence-corrected chi connectivity index (χ4v) is 6.23. The van der Waals surface area contributed by atoms with E-state index in [0.29, 0.717) is 24.8 Å². The van der Waals surface area contributed by atoms with Gasteiger partial charge in [-0.25, -0.2) is 27.6 Å². The third-order valence-corrected chi connectivity index (χ3v) is 8.32. The molecule has 34 heavy (non-hydrogen) atoms. The van der Waals surface area contributed by atoms with Crippen molar-refractivity contribution in [3.63, 3.8) is 0 Å². The van der Waals surface area contributed by atoms with Gasteiger partial charge in [0.15, 0.2) is 6.29 Å². The topological polar surface area (TPSA) is 145 Å². The van der Waals surface area contributed by atoms with Gasteiger partial charge in [0.1, 0.15) is 38.9 Å². The second-order valence-electron chi connectivity index (χ2n) is 8.85. The highest BCUT2D eigenvalue weighted by Gasteiger charge is 2.57. The van der Waals surface area contributed by atoms with Crippen LogP contribution in [0.4, 0.5) is 26.5 Å². The lowest BCUT2D eigenvalue weighted by Crippen LogP contribution is -2.60. The van der Waals surface area contributed by atoms with Gasteiger partial charge in [-0.15, -0.1) is 0 Å². The largest absolute Gasteiger partial charge is 0.381 e. The van der Waals surface area contributed by atoms with Crippen LogP contribution in [-0.4, -0.2) is 54.3 Å². The summed E-state index contributed by atoms with van der Waals surface area (Å²) in [6.45, 7) is 0. The number of urea groups is 1. The predicted molar refractivity (Wildman–Crippen MR) is 121 cm³/mol. The second-order valence-corrected chi connectivity index (χ2v) is 11.2. The minimum Gasteiger partial charge on any atom is -0.381 e. The van der Waals surface area contributed by atoms with Gasteiger partial charge in [0, 0.05) is 42.8 Å². The van der Waals surface area contributed by atoms with Gasteiger partial charge in [0.25, 0.3) is 0 Å². The lowest BCUT2D eigenvalue weighted by atomic mass is 9.69. The first-order chi connectivity index (χ1) is 16.2. The van der Waals surface area contributed by atoms with E-state index in [-0.39, 0.29) is 58.8 Å². The molecule has 1 saturated carbocycles. The molecule has 6 rings (SSSR count). The van der Waals surface area contributed by atoms with Crippen LogP contribution in [0, 0.1) is 11.3 Å². The smallest absolute Gasteiger partial charge is 0.328 e. The van der Waals surface area contributed by atoms with Crippen molar-refractivity contribution in [3.05, 3.63) is 41.2 Å². The summed E-state index contributed by atoms with van der Waals surface area (Å²) in [6, 6.07) is 5.37. The van der Waals surface area contributed by atoms with Crippen LogP contribution in [0.25, 0.3) is 0 Å². The Morgan fingerprint density at radius 2 is 2.03 bits per heavy atom. The number of alkyl halides is 1. The molecule has 3 aliphatic heterocycles. The van der Waals surface area contributed by atoms with Crippen LogP contribution in [-0.2, 0) is 15.5 Å². The molecule has 2 aromatic heterocycles. The molecule has 0 unspecified atom stereocenters. The maximum absolute atomic E-state index is 15.1. The molecule has 4 aliphatic rings. The average molecular weight is 485 g/mol. The molecule has 176 valence electrons. The number of halogens is 1. The van der Waals surface area contributed by atoms with Crippen molar-refractivity contribution in [1.82, 2.24) is 9.97 Å². The first-order valence-electron chi connectivity index (χ1n) is 10.8. The molecule has 5 heterocycles. The number of nitriles is 1. The fourth-order valence-electron chi connectivity index (χ4n) is 4.74. The number of nitrogens with one attached hydrogen (secondary N) is 2. The van der Waals surface area contributed by atoms with Crippen molar-refractivity contribution in [3.8, 4) is 6.07 Å². The molecule has 12 heteroatoms. The second kappa shape index (κ2) is 8.02. The molecule has 0 spiro atoms. The number of sulfone groups is 1.